The number of benzene rings is 1. The van der Waals surface area contributed by atoms with Gasteiger partial charge in [0.25, 0.3) is 0 Å². The summed E-state index contributed by atoms with van der Waals surface area (Å²) in [4.78, 5) is 0. The minimum absolute atomic E-state index is 0.194. The van der Waals surface area contributed by atoms with Gasteiger partial charge in [0, 0.05) is 17.5 Å². The van der Waals surface area contributed by atoms with E-state index in [4.69, 9.17) is 5.73 Å². The quantitative estimate of drug-likeness (QED) is 0.773. The van der Waals surface area contributed by atoms with Crippen LogP contribution in [-0.4, -0.2) is 6.54 Å². The highest BCUT2D eigenvalue weighted by molar-refractivity contribution is 5.37. The summed E-state index contributed by atoms with van der Waals surface area (Å²) in [5, 5.41) is 0. The second-order valence-electron chi connectivity index (χ2n) is 4.04. The Hall–Kier alpha value is -0.960. The van der Waals surface area contributed by atoms with E-state index in [-0.39, 0.29) is 5.56 Å². The highest BCUT2D eigenvalue weighted by Gasteiger charge is 2.46. The molecular weight excluding hydrogens is 184 g/mol. The third-order valence-electron chi connectivity index (χ3n) is 3.06. The standard InChI is InChI=1S/C11H13F2N/c1-7-2-3-8(12)9(10(7)13)11(6-14)4-5-11/h2-3H,4-6,14H2,1H3. The van der Waals surface area contributed by atoms with Gasteiger partial charge in [0.05, 0.1) is 0 Å². The van der Waals surface area contributed by atoms with Crippen LogP contribution in [-0.2, 0) is 5.41 Å². The van der Waals surface area contributed by atoms with Gasteiger partial charge in [-0.25, -0.2) is 8.78 Å². The molecule has 76 valence electrons. The Morgan fingerprint density at radius 3 is 2.50 bits per heavy atom. The zero-order valence-corrected chi connectivity index (χ0v) is 8.11. The SMILES string of the molecule is Cc1ccc(F)c(C2(CN)CC2)c1F. The molecule has 1 aliphatic rings. The zero-order chi connectivity index (χ0) is 10.3. The first-order chi connectivity index (χ1) is 6.60. The fourth-order valence-electron chi connectivity index (χ4n) is 1.85. The lowest BCUT2D eigenvalue weighted by molar-refractivity contribution is 0.512. The molecule has 0 saturated heterocycles. The predicted octanol–water partition coefficient (Wildman–Crippen LogP) is 2.26. The molecule has 0 heterocycles. The molecule has 0 aromatic heterocycles. The lowest BCUT2D eigenvalue weighted by Crippen LogP contribution is -2.23. The van der Waals surface area contributed by atoms with Crippen molar-refractivity contribution in [3.05, 3.63) is 34.9 Å². The molecule has 0 spiro atoms. The maximum Gasteiger partial charge on any atom is 0.132 e. The van der Waals surface area contributed by atoms with Crippen LogP contribution in [0.15, 0.2) is 12.1 Å². The summed E-state index contributed by atoms with van der Waals surface area (Å²) in [7, 11) is 0. The van der Waals surface area contributed by atoms with Crippen molar-refractivity contribution in [1.82, 2.24) is 0 Å². The largest absolute Gasteiger partial charge is 0.330 e. The average Bonchev–Trinajstić information content (AvgIpc) is 2.93. The van der Waals surface area contributed by atoms with Crippen LogP contribution in [0.2, 0.25) is 0 Å². The van der Waals surface area contributed by atoms with Gasteiger partial charge < -0.3 is 5.73 Å². The van der Waals surface area contributed by atoms with Crippen LogP contribution in [0.25, 0.3) is 0 Å². The van der Waals surface area contributed by atoms with Crippen LogP contribution in [0, 0.1) is 18.6 Å². The number of rotatable bonds is 2. The molecule has 1 fully saturated rings. The Kier molecular flexibility index (Phi) is 2.07. The summed E-state index contributed by atoms with van der Waals surface area (Å²) >= 11 is 0. The lowest BCUT2D eigenvalue weighted by Gasteiger charge is -2.15. The highest BCUT2D eigenvalue weighted by Crippen LogP contribution is 2.49. The van der Waals surface area contributed by atoms with Gasteiger partial charge in [-0.2, -0.15) is 0 Å². The molecule has 1 aromatic carbocycles. The smallest absolute Gasteiger partial charge is 0.132 e. The fourth-order valence-corrected chi connectivity index (χ4v) is 1.85. The minimum Gasteiger partial charge on any atom is -0.330 e. The van der Waals surface area contributed by atoms with Crippen molar-refractivity contribution < 1.29 is 8.78 Å². The summed E-state index contributed by atoms with van der Waals surface area (Å²) in [6, 6.07) is 2.78. The van der Waals surface area contributed by atoms with E-state index in [0.717, 1.165) is 12.8 Å². The molecule has 1 nitrogen and oxygen atoms in total. The normalized spacial score (nSPS) is 18.3. The highest BCUT2D eigenvalue weighted by atomic mass is 19.1. The number of aryl methyl sites for hydroxylation is 1. The Bertz CT molecular complexity index is 370. The summed E-state index contributed by atoms with van der Waals surface area (Å²) in [6.45, 7) is 1.97. The summed E-state index contributed by atoms with van der Waals surface area (Å²) in [5.41, 5.74) is 5.82. The number of hydrogen-bond donors (Lipinski definition) is 1. The fraction of sp³-hybridized carbons (Fsp3) is 0.455. The van der Waals surface area contributed by atoms with E-state index in [2.05, 4.69) is 0 Å². The molecule has 1 aliphatic carbocycles. The monoisotopic (exact) mass is 197 g/mol. The second kappa shape index (κ2) is 3.02. The molecule has 0 unspecified atom stereocenters. The number of nitrogens with two attached hydrogens (primary N) is 1. The third-order valence-corrected chi connectivity index (χ3v) is 3.06. The molecule has 2 rings (SSSR count). The Balaban J connectivity index is 2.57. The number of halogens is 2. The summed E-state index contributed by atoms with van der Waals surface area (Å²) in [6.07, 6.45) is 1.58. The van der Waals surface area contributed by atoms with Crippen molar-refractivity contribution in [1.29, 1.82) is 0 Å². The van der Waals surface area contributed by atoms with E-state index >= 15 is 0 Å². The van der Waals surface area contributed by atoms with Crippen LogP contribution in [0.5, 0.6) is 0 Å². The average molecular weight is 197 g/mol. The maximum atomic E-state index is 13.7. The predicted molar refractivity (Wildman–Crippen MR) is 51.1 cm³/mol. The first-order valence-corrected chi connectivity index (χ1v) is 4.76. The second-order valence-corrected chi connectivity index (χ2v) is 4.04. The summed E-state index contributed by atoms with van der Waals surface area (Å²) in [5.74, 6) is -0.885. The topological polar surface area (TPSA) is 26.0 Å². The van der Waals surface area contributed by atoms with Crippen molar-refractivity contribution in [2.24, 2.45) is 5.73 Å². The van der Waals surface area contributed by atoms with E-state index in [0.29, 0.717) is 12.1 Å². The van der Waals surface area contributed by atoms with E-state index in [9.17, 15) is 8.78 Å². The van der Waals surface area contributed by atoms with Crippen LogP contribution >= 0.6 is 0 Å². The lowest BCUT2D eigenvalue weighted by atomic mass is 9.93. The third kappa shape index (κ3) is 1.23. The van der Waals surface area contributed by atoms with E-state index < -0.39 is 17.0 Å². The van der Waals surface area contributed by atoms with Crippen LogP contribution in [0.1, 0.15) is 24.0 Å². The molecule has 1 aromatic rings. The first kappa shape index (κ1) is 9.59. The van der Waals surface area contributed by atoms with Crippen LogP contribution < -0.4 is 5.73 Å². The van der Waals surface area contributed by atoms with Crippen molar-refractivity contribution >= 4 is 0 Å². The van der Waals surface area contributed by atoms with Crippen LogP contribution in [0.3, 0.4) is 0 Å². The Morgan fingerprint density at radius 1 is 1.36 bits per heavy atom. The summed E-state index contributed by atoms with van der Waals surface area (Å²) < 4.78 is 27.1. The molecular formula is C11H13F2N. The van der Waals surface area contributed by atoms with E-state index in [1.54, 1.807) is 6.92 Å². The Morgan fingerprint density at radius 2 is 2.00 bits per heavy atom. The van der Waals surface area contributed by atoms with E-state index in [1.165, 1.54) is 12.1 Å². The van der Waals surface area contributed by atoms with Crippen molar-refractivity contribution in [3.8, 4) is 0 Å². The van der Waals surface area contributed by atoms with Gasteiger partial charge >= 0.3 is 0 Å². The van der Waals surface area contributed by atoms with Gasteiger partial charge in [-0.05, 0) is 31.4 Å². The molecule has 0 amide bonds. The van der Waals surface area contributed by atoms with Gasteiger partial charge in [-0.1, -0.05) is 6.07 Å². The van der Waals surface area contributed by atoms with Gasteiger partial charge in [0.1, 0.15) is 11.6 Å². The Labute approximate surface area is 81.9 Å². The van der Waals surface area contributed by atoms with Crippen molar-refractivity contribution in [3.63, 3.8) is 0 Å². The minimum atomic E-state index is -0.462. The molecule has 0 atom stereocenters. The number of hydrogen-bond acceptors (Lipinski definition) is 1. The molecule has 0 aliphatic heterocycles. The molecule has 1 saturated carbocycles. The van der Waals surface area contributed by atoms with Crippen molar-refractivity contribution in [2.75, 3.05) is 6.54 Å². The van der Waals surface area contributed by atoms with Gasteiger partial charge in [0.2, 0.25) is 0 Å². The molecule has 0 radical (unpaired) electrons. The van der Waals surface area contributed by atoms with Crippen molar-refractivity contribution in [2.45, 2.75) is 25.2 Å². The van der Waals surface area contributed by atoms with Gasteiger partial charge in [-0.15, -0.1) is 0 Å². The zero-order valence-electron chi connectivity index (χ0n) is 8.11. The molecule has 14 heavy (non-hydrogen) atoms. The molecule has 3 heteroatoms. The van der Waals surface area contributed by atoms with E-state index in [1.807, 2.05) is 0 Å². The van der Waals surface area contributed by atoms with Crippen LogP contribution in [0.4, 0.5) is 8.78 Å². The molecule has 2 N–H and O–H groups in total. The first-order valence-electron chi connectivity index (χ1n) is 4.76. The molecule has 0 bridgehead atoms. The maximum absolute atomic E-state index is 13.7. The van der Waals surface area contributed by atoms with Gasteiger partial charge in [-0.3, -0.25) is 0 Å². The van der Waals surface area contributed by atoms with Gasteiger partial charge in [0.15, 0.2) is 0 Å².